The molecule has 2 heterocycles. The van der Waals surface area contributed by atoms with Crippen LogP contribution in [0.2, 0.25) is 0 Å². The molecule has 0 spiro atoms. The van der Waals surface area contributed by atoms with Crippen molar-refractivity contribution < 1.29 is 14.0 Å². The minimum Gasteiger partial charge on any atom is -0.448 e. The van der Waals surface area contributed by atoms with Gasteiger partial charge in [-0.1, -0.05) is 29.8 Å². The number of benzene rings is 2. The Balaban J connectivity index is 1.42. The quantitative estimate of drug-likeness (QED) is 0.527. The summed E-state index contributed by atoms with van der Waals surface area (Å²) in [4.78, 5) is 30.7. The monoisotopic (exact) mass is 405 g/mol. The second kappa shape index (κ2) is 7.89. The van der Waals surface area contributed by atoms with Gasteiger partial charge < -0.3 is 14.6 Å². The summed E-state index contributed by atoms with van der Waals surface area (Å²) in [5, 5.41) is 3.49. The van der Waals surface area contributed by atoms with Gasteiger partial charge in [0.15, 0.2) is 16.5 Å². The van der Waals surface area contributed by atoms with Gasteiger partial charge in [0.25, 0.3) is 5.91 Å². The number of amides is 2. The molecule has 0 saturated heterocycles. The smallest absolute Gasteiger partial charge is 0.289 e. The van der Waals surface area contributed by atoms with Crippen molar-refractivity contribution >= 4 is 39.1 Å². The van der Waals surface area contributed by atoms with E-state index in [2.05, 4.69) is 10.3 Å². The minimum atomic E-state index is -0.364. The number of fused-ring (bicyclic) bond motifs is 1. The summed E-state index contributed by atoms with van der Waals surface area (Å²) in [6.07, 6.45) is 0. The fraction of sp³-hybridized carbons (Fsp3) is 0.136. The SMILES string of the molecule is Cc1ccc(NC(=O)CN(C)C(=O)c2ccc(-c3nc4ccccc4s3)o2)cc1. The van der Waals surface area contributed by atoms with Crippen LogP contribution in [0, 0.1) is 6.92 Å². The third-order valence-electron chi connectivity index (χ3n) is 4.38. The van der Waals surface area contributed by atoms with Gasteiger partial charge in [0.2, 0.25) is 5.91 Å². The highest BCUT2D eigenvalue weighted by Crippen LogP contribution is 2.31. The first kappa shape index (κ1) is 18.9. The molecule has 0 atom stereocenters. The van der Waals surface area contributed by atoms with Crippen molar-refractivity contribution in [2.75, 3.05) is 18.9 Å². The number of nitrogens with one attached hydrogen (secondary N) is 1. The molecule has 0 aliphatic rings. The molecule has 6 nitrogen and oxygen atoms in total. The van der Waals surface area contributed by atoms with Gasteiger partial charge in [0.1, 0.15) is 0 Å². The van der Waals surface area contributed by atoms with Gasteiger partial charge in [0, 0.05) is 12.7 Å². The first-order valence-electron chi connectivity index (χ1n) is 9.07. The molecular weight excluding hydrogens is 386 g/mol. The molecule has 29 heavy (non-hydrogen) atoms. The molecular formula is C22H19N3O3S. The zero-order valence-electron chi connectivity index (χ0n) is 16.0. The number of aryl methyl sites for hydroxylation is 1. The number of thiazole rings is 1. The number of carbonyl (C=O) groups is 2. The number of aromatic nitrogens is 1. The van der Waals surface area contributed by atoms with E-state index in [-0.39, 0.29) is 24.1 Å². The van der Waals surface area contributed by atoms with E-state index in [1.807, 2.05) is 55.5 Å². The minimum absolute atomic E-state index is 0.0795. The van der Waals surface area contributed by atoms with Gasteiger partial charge in [-0.15, -0.1) is 11.3 Å². The van der Waals surface area contributed by atoms with Gasteiger partial charge in [-0.2, -0.15) is 0 Å². The number of anilines is 1. The maximum atomic E-state index is 12.6. The Hall–Kier alpha value is -3.45. The molecule has 2 aromatic heterocycles. The van der Waals surface area contributed by atoms with Crippen LogP contribution in [0.3, 0.4) is 0 Å². The number of rotatable bonds is 5. The Bertz CT molecular complexity index is 1140. The summed E-state index contributed by atoms with van der Waals surface area (Å²) in [5.41, 5.74) is 2.69. The van der Waals surface area contributed by atoms with E-state index in [0.717, 1.165) is 15.8 Å². The van der Waals surface area contributed by atoms with Crippen LogP contribution in [0.25, 0.3) is 21.0 Å². The Labute approximate surface area is 171 Å². The molecule has 0 fully saturated rings. The number of likely N-dealkylation sites (N-methyl/N-ethyl adjacent to an activating group) is 1. The fourth-order valence-corrected chi connectivity index (χ4v) is 3.79. The van der Waals surface area contributed by atoms with Crippen LogP contribution in [0.4, 0.5) is 5.69 Å². The highest BCUT2D eigenvalue weighted by atomic mass is 32.1. The van der Waals surface area contributed by atoms with E-state index < -0.39 is 0 Å². The largest absolute Gasteiger partial charge is 0.448 e. The van der Waals surface area contributed by atoms with Crippen LogP contribution in [0.1, 0.15) is 16.1 Å². The number of carbonyl (C=O) groups excluding carboxylic acids is 2. The number of hydrogen-bond acceptors (Lipinski definition) is 5. The highest BCUT2D eigenvalue weighted by molar-refractivity contribution is 7.21. The van der Waals surface area contributed by atoms with Crippen molar-refractivity contribution in [2.24, 2.45) is 0 Å². The molecule has 0 aliphatic carbocycles. The van der Waals surface area contributed by atoms with E-state index in [1.54, 1.807) is 19.2 Å². The van der Waals surface area contributed by atoms with E-state index >= 15 is 0 Å². The Morgan fingerprint density at radius 2 is 1.83 bits per heavy atom. The number of hydrogen-bond donors (Lipinski definition) is 1. The molecule has 146 valence electrons. The molecule has 1 N–H and O–H groups in total. The van der Waals surface area contributed by atoms with Gasteiger partial charge in [-0.25, -0.2) is 4.98 Å². The molecule has 0 aliphatic heterocycles. The lowest BCUT2D eigenvalue weighted by atomic mass is 10.2. The van der Waals surface area contributed by atoms with Crippen LogP contribution in [0.15, 0.2) is 65.1 Å². The van der Waals surface area contributed by atoms with E-state index in [4.69, 9.17) is 4.42 Å². The summed E-state index contributed by atoms with van der Waals surface area (Å²) < 4.78 is 6.77. The second-order valence-electron chi connectivity index (χ2n) is 6.73. The zero-order chi connectivity index (χ0) is 20.4. The van der Waals surface area contributed by atoms with Gasteiger partial charge in [-0.3, -0.25) is 9.59 Å². The van der Waals surface area contributed by atoms with Crippen molar-refractivity contribution in [1.29, 1.82) is 0 Å². The van der Waals surface area contributed by atoms with Gasteiger partial charge in [0.05, 0.1) is 16.8 Å². The van der Waals surface area contributed by atoms with Crippen LogP contribution < -0.4 is 5.32 Å². The summed E-state index contributed by atoms with van der Waals surface area (Å²) >= 11 is 1.50. The average Bonchev–Trinajstić information content (AvgIpc) is 3.36. The number of furan rings is 1. The van der Waals surface area contributed by atoms with Crippen molar-refractivity contribution in [3.8, 4) is 10.8 Å². The Morgan fingerprint density at radius 3 is 2.59 bits per heavy atom. The van der Waals surface area contributed by atoms with Crippen molar-refractivity contribution in [3.05, 3.63) is 72.0 Å². The molecule has 0 saturated carbocycles. The highest BCUT2D eigenvalue weighted by Gasteiger charge is 2.20. The molecule has 2 amide bonds. The first-order valence-corrected chi connectivity index (χ1v) is 9.89. The first-order chi connectivity index (χ1) is 14.0. The molecule has 4 aromatic rings. The number of para-hydroxylation sites is 1. The van der Waals surface area contributed by atoms with E-state index in [9.17, 15) is 9.59 Å². The topological polar surface area (TPSA) is 75.4 Å². The van der Waals surface area contributed by atoms with Crippen LogP contribution in [0.5, 0.6) is 0 Å². The summed E-state index contributed by atoms with van der Waals surface area (Å²) in [6, 6.07) is 18.6. The lowest BCUT2D eigenvalue weighted by Crippen LogP contribution is -2.34. The predicted molar refractivity (Wildman–Crippen MR) is 114 cm³/mol. The van der Waals surface area contributed by atoms with E-state index in [0.29, 0.717) is 16.5 Å². The molecule has 0 radical (unpaired) electrons. The molecule has 4 rings (SSSR count). The van der Waals surface area contributed by atoms with Crippen molar-refractivity contribution in [3.63, 3.8) is 0 Å². The lowest BCUT2D eigenvalue weighted by molar-refractivity contribution is -0.116. The molecule has 0 bridgehead atoms. The summed E-state index contributed by atoms with van der Waals surface area (Å²) in [6.45, 7) is 1.90. The molecule has 7 heteroatoms. The molecule has 2 aromatic carbocycles. The van der Waals surface area contributed by atoms with Crippen LogP contribution in [-0.4, -0.2) is 35.3 Å². The Morgan fingerprint density at radius 1 is 1.07 bits per heavy atom. The normalized spacial score (nSPS) is 10.8. The van der Waals surface area contributed by atoms with Crippen molar-refractivity contribution in [2.45, 2.75) is 6.92 Å². The van der Waals surface area contributed by atoms with Crippen LogP contribution >= 0.6 is 11.3 Å². The van der Waals surface area contributed by atoms with Gasteiger partial charge in [-0.05, 0) is 43.3 Å². The van der Waals surface area contributed by atoms with Gasteiger partial charge >= 0.3 is 0 Å². The maximum Gasteiger partial charge on any atom is 0.289 e. The third-order valence-corrected chi connectivity index (χ3v) is 5.44. The second-order valence-corrected chi connectivity index (χ2v) is 7.76. The molecule has 0 unspecified atom stereocenters. The average molecular weight is 405 g/mol. The fourth-order valence-electron chi connectivity index (χ4n) is 2.86. The van der Waals surface area contributed by atoms with Crippen LogP contribution in [-0.2, 0) is 4.79 Å². The predicted octanol–water partition coefficient (Wildman–Crippen LogP) is 4.58. The maximum absolute atomic E-state index is 12.6. The van der Waals surface area contributed by atoms with Crippen molar-refractivity contribution in [1.82, 2.24) is 9.88 Å². The number of nitrogens with zero attached hydrogens (tertiary/aromatic N) is 2. The Kier molecular flexibility index (Phi) is 5.14. The lowest BCUT2D eigenvalue weighted by Gasteiger charge is -2.15. The summed E-state index contributed by atoms with van der Waals surface area (Å²) in [5.74, 6) is 0.0658. The standard InChI is InChI=1S/C22H19N3O3S/c1-14-7-9-15(10-8-14)23-20(26)13-25(2)22(27)18-12-11-17(28-18)21-24-16-5-3-4-6-19(16)29-21/h3-12H,13H2,1-2H3,(H,23,26). The summed E-state index contributed by atoms with van der Waals surface area (Å²) in [7, 11) is 1.57. The third kappa shape index (κ3) is 4.20. The van der Waals surface area contributed by atoms with E-state index in [1.165, 1.54) is 16.2 Å². The zero-order valence-corrected chi connectivity index (χ0v) is 16.8.